The highest BCUT2D eigenvalue weighted by molar-refractivity contribution is 5.51. The fourth-order valence-electron chi connectivity index (χ4n) is 2.27. The number of rotatable bonds is 6. The maximum Gasteiger partial charge on any atom is 0.416 e. The number of alkyl halides is 3. The lowest BCUT2D eigenvalue weighted by Gasteiger charge is -2.05. The van der Waals surface area contributed by atoms with E-state index >= 15 is 0 Å². The van der Waals surface area contributed by atoms with Crippen molar-refractivity contribution in [1.29, 1.82) is 0 Å². The van der Waals surface area contributed by atoms with Crippen LogP contribution in [0.3, 0.4) is 0 Å². The molecule has 0 atom stereocenters. The molecule has 0 heterocycles. The molecule has 0 bridgehead atoms. The van der Waals surface area contributed by atoms with E-state index in [1.165, 1.54) is 12.1 Å². The van der Waals surface area contributed by atoms with E-state index in [9.17, 15) is 13.2 Å². The molecule has 0 fully saturated rings. The molecule has 6 nitrogen and oxygen atoms in total. The summed E-state index contributed by atoms with van der Waals surface area (Å²) in [5.41, 5.74) is 2.15. The Morgan fingerprint density at radius 1 is 0.621 bits per heavy atom. The summed E-state index contributed by atoms with van der Waals surface area (Å²) in [6.45, 7) is -0.149. The van der Waals surface area contributed by atoms with Gasteiger partial charge >= 0.3 is 6.18 Å². The first-order valence-corrected chi connectivity index (χ1v) is 8.50. The Balaban J connectivity index is 1.61. The molecule has 0 unspecified atom stereocenters. The second kappa shape index (κ2) is 9.07. The zero-order valence-corrected chi connectivity index (χ0v) is 15.0. The van der Waals surface area contributed by atoms with Gasteiger partial charge in [-0.3, -0.25) is 0 Å². The van der Waals surface area contributed by atoms with Crippen LogP contribution in [-0.2, 0) is 6.18 Å². The predicted octanol–water partition coefficient (Wildman–Crippen LogP) is 6.90. The Morgan fingerprint density at radius 2 is 0.966 bits per heavy atom. The number of nitrogens with one attached hydrogen (secondary N) is 1. The van der Waals surface area contributed by atoms with Gasteiger partial charge in [-0.2, -0.15) is 33.6 Å². The predicted molar refractivity (Wildman–Crippen MR) is 103 cm³/mol. The van der Waals surface area contributed by atoms with Gasteiger partial charge in [-0.05, 0) is 72.8 Å². The van der Waals surface area contributed by atoms with Gasteiger partial charge in [0.1, 0.15) is 6.73 Å². The van der Waals surface area contributed by atoms with Crippen LogP contribution in [0.2, 0.25) is 0 Å². The largest absolute Gasteiger partial charge is 0.416 e. The van der Waals surface area contributed by atoms with Crippen molar-refractivity contribution in [1.82, 2.24) is 0 Å². The van der Waals surface area contributed by atoms with Crippen molar-refractivity contribution in [3.05, 3.63) is 78.4 Å². The lowest BCUT2D eigenvalue weighted by molar-refractivity contribution is -0.137. The molecule has 3 rings (SSSR count). The number of hydrogen-bond donors (Lipinski definition) is 2. The lowest BCUT2D eigenvalue weighted by atomic mass is 10.2. The summed E-state index contributed by atoms with van der Waals surface area (Å²) < 4.78 is 37.6. The van der Waals surface area contributed by atoms with Gasteiger partial charge in [-0.25, -0.2) is 0 Å². The smallest absolute Gasteiger partial charge is 0.377 e. The number of aliphatic hydroxyl groups is 1. The minimum atomic E-state index is -4.38. The zero-order chi connectivity index (χ0) is 20.7. The standard InChI is InChI=1S/C20H16F3N5O/c21-20(22,23)14-1-3-16(4-2-14)25-27-18-9-11-19(12-10-18)28-26-17-7-5-15(6-8-17)24-13-29/h1-12,24,29H,13H2. The van der Waals surface area contributed by atoms with Crippen LogP contribution in [0.25, 0.3) is 0 Å². The van der Waals surface area contributed by atoms with Gasteiger partial charge < -0.3 is 10.4 Å². The van der Waals surface area contributed by atoms with Gasteiger partial charge in [0.05, 0.1) is 28.3 Å². The summed E-state index contributed by atoms with van der Waals surface area (Å²) in [5, 5.41) is 27.7. The van der Waals surface area contributed by atoms with Crippen LogP contribution in [-0.4, -0.2) is 11.8 Å². The number of halogens is 3. The maximum absolute atomic E-state index is 12.5. The third kappa shape index (κ3) is 5.94. The molecule has 9 heteroatoms. The molecule has 0 aliphatic rings. The van der Waals surface area contributed by atoms with Gasteiger partial charge in [0.25, 0.3) is 0 Å². The topological polar surface area (TPSA) is 81.7 Å². The van der Waals surface area contributed by atoms with Crippen LogP contribution >= 0.6 is 0 Å². The minimum absolute atomic E-state index is 0.149. The molecule has 29 heavy (non-hydrogen) atoms. The number of hydrogen-bond acceptors (Lipinski definition) is 6. The fourth-order valence-corrected chi connectivity index (χ4v) is 2.27. The Labute approximate surface area is 164 Å². The molecule has 2 N–H and O–H groups in total. The quantitative estimate of drug-likeness (QED) is 0.349. The van der Waals surface area contributed by atoms with E-state index in [0.29, 0.717) is 22.7 Å². The molecule has 3 aromatic rings. The normalized spacial score (nSPS) is 12.0. The molecule has 0 aliphatic carbocycles. The number of nitrogens with zero attached hydrogens (tertiary/aromatic N) is 4. The van der Waals surface area contributed by atoms with Crippen molar-refractivity contribution in [2.24, 2.45) is 20.5 Å². The van der Waals surface area contributed by atoms with E-state index in [1.54, 1.807) is 48.5 Å². The summed E-state index contributed by atoms with van der Waals surface area (Å²) in [6.07, 6.45) is -4.38. The van der Waals surface area contributed by atoms with Crippen LogP contribution in [0.1, 0.15) is 5.56 Å². The minimum Gasteiger partial charge on any atom is -0.377 e. The Hall–Kier alpha value is -3.59. The van der Waals surface area contributed by atoms with Crippen molar-refractivity contribution in [3.63, 3.8) is 0 Å². The molecule has 0 aliphatic heterocycles. The first-order valence-electron chi connectivity index (χ1n) is 8.50. The van der Waals surface area contributed by atoms with Crippen molar-refractivity contribution in [2.75, 3.05) is 12.0 Å². The highest BCUT2D eigenvalue weighted by atomic mass is 19.4. The van der Waals surface area contributed by atoms with Crippen LogP contribution in [0.15, 0.2) is 93.3 Å². The van der Waals surface area contributed by atoms with E-state index in [4.69, 9.17) is 5.11 Å². The molecular weight excluding hydrogens is 383 g/mol. The Bertz CT molecular complexity index is 983. The van der Waals surface area contributed by atoms with E-state index in [-0.39, 0.29) is 6.73 Å². The van der Waals surface area contributed by atoms with Crippen LogP contribution in [0, 0.1) is 0 Å². The van der Waals surface area contributed by atoms with Crippen molar-refractivity contribution in [3.8, 4) is 0 Å². The molecule has 3 aromatic carbocycles. The summed E-state index contributed by atoms with van der Waals surface area (Å²) in [4.78, 5) is 0. The van der Waals surface area contributed by atoms with Crippen molar-refractivity contribution < 1.29 is 18.3 Å². The SMILES string of the molecule is OCNc1ccc(N=Nc2ccc(N=Nc3ccc(C(F)(F)F)cc3)cc2)cc1. The zero-order valence-electron chi connectivity index (χ0n) is 15.0. The van der Waals surface area contributed by atoms with Gasteiger partial charge in [0, 0.05) is 5.69 Å². The number of benzene rings is 3. The monoisotopic (exact) mass is 399 g/mol. The summed E-state index contributed by atoms with van der Waals surface area (Å²) in [7, 11) is 0. The molecule has 148 valence electrons. The van der Waals surface area contributed by atoms with Gasteiger partial charge in [-0.15, -0.1) is 0 Å². The second-order valence-electron chi connectivity index (χ2n) is 5.84. The summed E-state index contributed by atoms with van der Waals surface area (Å²) in [6, 6.07) is 18.3. The van der Waals surface area contributed by atoms with E-state index in [1.807, 2.05) is 0 Å². The third-order valence-electron chi connectivity index (χ3n) is 3.76. The summed E-state index contributed by atoms with van der Waals surface area (Å²) in [5.74, 6) is 0. The van der Waals surface area contributed by atoms with Crippen molar-refractivity contribution in [2.45, 2.75) is 6.18 Å². The first-order chi connectivity index (χ1) is 13.9. The van der Waals surface area contributed by atoms with Crippen LogP contribution in [0.4, 0.5) is 41.6 Å². The average molecular weight is 399 g/mol. The van der Waals surface area contributed by atoms with Gasteiger partial charge in [0.2, 0.25) is 0 Å². The maximum atomic E-state index is 12.5. The third-order valence-corrected chi connectivity index (χ3v) is 3.76. The van der Waals surface area contributed by atoms with E-state index < -0.39 is 11.7 Å². The average Bonchev–Trinajstić information content (AvgIpc) is 2.72. The van der Waals surface area contributed by atoms with Gasteiger partial charge in [0.15, 0.2) is 0 Å². The molecule has 0 spiro atoms. The first kappa shape index (κ1) is 20.2. The molecular formula is C20H16F3N5O. The Kier molecular flexibility index (Phi) is 6.30. The van der Waals surface area contributed by atoms with Crippen LogP contribution in [0.5, 0.6) is 0 Å². The second-order valence-corrected chi connectivity index (χ2v) is 5.84. The number of aliphatic hydroxyl groups excluding tert-OH is 1. The summed E-state index contributed by atoms with van der Waals surface area (Å²) >= 11 is 0. The molecule has 0 saturated carbocycles. The van der Waals surface area contributed by atoms with Crippen molar-refractivity contribution >= 4 is 28.4 Å². The van der Waals surface area contributed by atoms with Crippen LogP contribution < -0.4 is 5.32 Å². The highest BCUT2D eigenvalue weighted by Crippen LogP contribution is 2.31. The molecule has 0 radical (unpaired) electrons. The lowest BCUT2D eigenvalue weighted by Crippen LogP contribution is -2.03. The Morgan fingerprint density at radius 3 is 1.31 bits per heavy atom. The molecule has 0 aromatic heterocycles. The molecule has 0 saturated heterocycles. The van der Waals surface area contributed by atoms with E-state index in [0.717, 1.165) is 17.8 Å². The fraction of sp³-hybridized carbons (Fsp3) is 0.100. The molecule has 0 amide bonds. The highest BCUT2D eigenvalue weighted by Gasteiger charge is 2.29. The number of azo groups is 2. The van der Waals surface area contributed by atoms with Gasteiger partial charge in [-0.1, -0.05) is 0 Å². The van der Waals surface area contributed by atoms with E-state index in [2.05, 4.69) is 25.8 Å². The number of anilines is 1.